The molecule has 2 aromatic heterocycles. The fraction of sp³-hybridized carbons (Fsp3) is 0.536. The number of rotatable bonds is 9. The van der Waals surface area contributed by atoms with Gasteiger partial charge in [-0.1, -0.05) is 12.1 Å². The van der Waals surface area contributed by atoms with Gasteiger partial charge in [0.1, 0.15) is 11.6 Å². The van der Waals surface area contributed by atoms with E-state index in [9.17, 15) is 4.79 Å². The van der Waals surface area contributed by atoms with Crippen LogP contribution in [0.2, 0.25) is 0 Å². The van der Waals surface area contributed by atoms with Crippen molar-refractivity contribution < 1.29 is 15.7 Å². The predicted molar refractivity (Wildman–Crippen MR) is 149 cm³/mol. The number of hydrogen-bond acceptors (Lipinski definition) is 8. The Kier molecular flexibility index (Phi) is 7.44. The van der Waals surface area contributed by atoms with Gasteiger partial charge >= 0.3 is 0 Å². The van der Waals surface area contributed by atoms with Crippen LogP contribution < -0.4 is 16.0 Å². The summed E-state index contributed by atoms with van der Waals surface area (Å²) in [5.41, 5.74) is 4.38. The van der Waals surface area contributed by atoms with Crippen LogP contribution in [-0.2, 0) is 9.47 Å². The molecule has 2 aliphatic heterocycles. The van der Waals surface area contributed by atoms with Gasteiger partial charge in [-0.3, -0.25) is 9.69 Å². The average molecular weight is 522 g/mol. The zero-order valence-corrected chi connectivity index (χ0v) is 22.0. The summed E-state index contributed by atoms with van der Waals surface area (Å²) in [5, 5.41) is 15.0. The van der Waals surface area contributed by atoms with Crippen molar-refractivity contribution in [3.8, 4) is 11.1 Å². The highest BCUT2D eigenvalue weighted by Crippen LogP contribution is 2.29. The van der Waals surface area contributed by atoms with Crippen molar-refractivity contribution in [2.45, 2.75) is 44.7 Å². The van der Waals surface area contributed by atoms with Crippen molar-refractivity contribution in [2.24, 2.45) is 0 Å². The molecule has 0 atom stereocenters. The minimum absolute atomic E-state index is 0. The summed E-state index contributed by atoms with van der Waals surface area (Å²) in [6.07, 6.45) is 5.94. The van der Waals surface area contributed by atoms with E-state index >= 15 is 0 Å². The molecule has 204 valence electrons. The number of benzene rings is 1. The highest BCUT2D eigenvalue weighted by atomic mass is 16.5. The van der Waals surface area contributed by atoms with E-state index < -0.39 is 0 Å². The third-order valence-corrected chi connectivity index (χ3v) is 7.58. The lowest BCUT2D eigenvalue weighted by atomic mass is 10.0. The quantitative estimate of drug-likeness (QED) is 0.394. The molecule has 2 saturated heterocycles. The van der Waals surface area contributed by atoms with Crippen LogP contribution in [0.5, 0.6) is 0 Å². The maximum absolute atomic E-state index is 12.6. The molecule has 0 unspecified atom stereocenters. The number of amides is 1. The molecule has 1 amide bonds. The molecule has 0 spiro atoms. The summed E-state index contributed by atoms with van der Waals surface area (Å²) in [4.78, 5) is 20.1. The second-order valence-electron chi connectivity index (χ2n) is 10.5. The minimum atomic E-state index is 0. The molecule has 1 saturated carbocycles. The van der Waals surface area contributed by atoms with Crippen molar-refractivity contribution in [2.75, 3.05) is 63.2 Å². The Bertz CT molecular complexity index is 1280. The third kappa shape index (κ3) is 5.77. The molecule has 38 heavy (non-hydrogen) atoms. The number of morpholine rings is 1. The summed E-state index contributed by atoms with van der Waals surface area (Å²) in [6.45, 7) is 8.77. The fourth-order valence-corrected chi connectivity index (χ4v) is 5.16. The van der Waals surface area contributed by atoms with E-state index in [1.807, 2.05) is 29.8 Å². The van der Waals surface area contributed by atoms with E-state index in [-0.39, 0.29) is 7.33 Å². The molecular formula is C28H39N7O3. The lowest BCUT2D eigenvalue weighted by Gasteiger charge is -2.27. The molecule has 10 nitrogen and oxygen atoms in total. The van der Waals surface area contributed by atoms with Gasteiger partial charge in [-0.2, -0.15) is 9.61 Å². The average Bonchev–Trinajstić information content (AvgIpc) is 3.64. The maximum Gasteiger partial charge on any atom is 0.251 e. The van der Waals surface area contributed by atoms with E-state index in [0.29, 0.717) is 12.1 Å². The topological polar surface area (TPSA) is 105 Å². The van der Waals surface area contributed by atoms with Gasteiger partial charge in [0, 0.05) is 70.1 Å². The first-order valence-electron chi connectivity index (χ1n) is 13.8. The Balaban J connectivity index is 0.00000308. The maximum atomic E-state index is 12.6. The molecule has 4 heterocycles. The van der Waals surface area contributed by atoms with Crippen LogP contribution in [-0.4, -0.2) is 90.1 Å². The Morgan fingerprint density at radius 2 is 1.84 bits per heavy atom. The SMILES string of the molecule is Cc1cc(-c2cnn3c(NCCN4CCOCC4)cc(NC4CCOCC4)nc23)ccc1C(=O)NC1CC1.[HH]. The van der Waals surface area contributed by atoms with Crippen LogP contribution >= 0.6 is 0 Å². The van der Waals surface area contributed by atoms with Gasteiger partial charge in [-0.05, 0) is 49.8 Å². The smallest absolute Gasteiger partial charge is 0.251 e. The number of anilines is 2. The molecule has 0 bridgehead atoms. The van der Waals surface area contributed by atoms with E-state index in [0.717, 1.165) is 118 Å². The summed E-state index contributed by atoms with van der Waals surface area (Å²) < 4.78 is 12.9. The normalized spacial score (nSPS) is 19.0. The van der Waals surface area contributed by atoms with Gasteiger partial charge in [-0.25, -0.2) is 4.98 Å². The monoisotopic (exact) mass is 521 g/mol. The highest BCUT2D eigenvalue weighted by Gasteiger charge is 2.25. The molecule has 6 rings (SSSR count). The number of hydrogen-bond donors (Lipinski definition) is 3. The van der Waals surface area contributed by atoms with E-state index in [1.165, 1.54) is 0 Å². The number of carbonyl (C=O) groups excluding carboxylic acids is 1. The van der Waals surface area contributed by atoms with Crippen LogP contribution in [0.25, 0.3) is 16.8 Å². The van der Waals surface area contributed by atoms with E-state index in [1.54, 1.807) is 0 Å². The van der Waals surface area contributed by atoms with E-state index in [2.05, 4.69) is 33.0 Å². The number of carbonyl (C=O) groups is 1. The van der Waals surface area contributed by atoms with Crippen LogP contribution in [0.15, 0.2) is 30.5 Å². The highest BCUT2D eigenvalue weighted by molar-refractivity contribution is 5.97. The van der Waals surface area contributed by atoms with Crippen molar-refractivity contribution >= 4 is 23.2 Å². The molecule has 1 aromatic carbocycles. The predicted octanol–water partition coefficient (Wildman–Crippen LogP) is 3.18. The van der Waals surface area contributed by atoms with Crippen LogP contribution in [0.3, 0.4) is 0 Å². The summed E-state index contributed by atoms with van der Waals surface area (Å²) in [6, 6.07) is 8.69. The van der Waals surface area contributed by atoms with Gasteiger partial charge in [-0.15, -0.1) is 0 Å². The first kappa shape index (κ1) is 25.1. The first-order valence-corrected chi connectivity index (χ1v) is 13.8. The number of ether oxygens (including phenoxy) is 2. The largest absolute Gasteiger partial charge is 0.381 e. The molecule has 3 aromatic rings. The van der Waals surface area contributed by atoms with Crippen molar-refractivity contribution in [1.82, 2.24) is 24.8 Å². The zero-order chi connectivity index (χ0) is 25.9. The zero-order valence-electron chi connectivity index (χ0n) is 22.0. The van der Waals surface area contributed by atoms with Gasteiger partial charge in [0.15, 0.2) is 5.65 Å². The van der Waals surface area contributed by atoms with Crippen molar-refractivity contribution in [3.63, 3.8) is 0 Å². The molecule has 3 aliphatic rings. The number of nitrogens with one attached hydrogen (secondary N) is 3. The van der Waals surface area contributed by atoms with Gasteiger partial charge in [0.25, 0.3) is 5.91 Å². The second-order valence-corrected chi connectivity index (χ2v) is 10.5. The first-order chi connectivity index (χ1) is 18.6. The Labute approximate surface area is 224 Å². The Morgan fingerprint density at radius 3 is 2.61 bits per heavy atom. The van der Waals surface area contributed by atoms with Crippen LogP contribution in [0.4, 0.5) is 11.6 Å². The number of nitrogens with zero attached hydrogens (tertiary/aromatic N) is 4. The number of fused-ring (bicyclic) bond motifs is 1. The van der Waals surface area contributed by atoms with Crippen LogP contribution in [0, 0.1) is 6.92 Å². The molecule has 1 aliphatic carbocycles. The number of aromatic nitrogens is 3. The lowest BCUT2D eigenvalue weighted by Crippen LogP contribution is -2.39. The second kappa shape index (κ2) is 11.3. The Hall–Kier alpha value is -3.21. The summed E-state index contributed by atoms with van der Waals surface area (Å²) in [7, 11) is 0. The van der Waals surface area contributed by atoms with Crippen LogP contribution in [0.1, 0.15) is 43.0 Å². The summed E-state index contributed by atoms with van der Waals surface area (Å²) in [5.74, 6) is 1.74. The number of aryl methyl sites for hydroxylation is 1. The minimum Gasteiger partial charge on any atom is -0.381 e. The summed E-state index contributed by atoms with van der Waals surface area (Å²) >= 11 is 0. The fourth-order valence-electron chi connectivity index (χ4n) is 5.16. The molecule has 3 N–H and O–H groups in total. The van der Waals surface area contributed by atoms with E-state index in [4.69, 9.17) is 19.6 Å². The standard InChI is InChI=1S/C28H37N7O3.H2/c1-19-16-20(2-5-23(19)28(36)32-21-3-4-21)24-18-30-35-26(29-8-9-34-10-14-38-15-11-34)17-25(33-27(24)35)31-22-6-12-37-13-7-22;/h2,5,16-18,21-22,29H,3-4,6-15H2,1H3,(H,31,33)(H,32,36);1H. The van der Waals surface area contributed by atoms with Gasteiger partial charge in [0.05, 0.1) is 19.4 Å². The molecule has 3 fully saturated rings. The molecule has 10 heteroatoms. The third-order valence-electron chi connectivity index (χ3n) is 7.58. The van der Waals surface area contributed by atoms with Crippen molar-refractivity contribution in [1.29, 1.82) is 0 Å². The molecule has 0 radical (unpaired) electrons. The lowest BCUT2D eigenvalue weighted by molar-refractivity contribution is 0.0398. The van der Waals surface area contributed by atoms with Gasteiger partial charge in [0.2, 0.25) is 0 Å². The van der Waals surface area contributed by atoms with Gasteiger partial charge < -0.3 is 25.4 Å². The molecular weight excluding hydrogens is 482 g/mol. The van der Waals surface area contributed by atoms with Crippen molar-refractivity contribution in [3.05, 3.63) is 41.6 Å². The Morgan fingerprint density at radius 1 is 1.05 bits per heavy atom.